The van der Waals surface area contributed by atoms with E-state index in [4.69, 9.17) is 0 Å². The standard InChI is InChI=1S/C16H18N2O2/c1-11-8-18(10-14(11)16(19)20)9-12-6-7-17-15-5-3-2-4-13(12)15/h2-7,11,14H,8-10H2,1H3,(H,19,20). The summed E-state index contributed by atoms with van der Waals surface area (Å²) >= 11 is 0. The fourth-order valence-corrected chi connectivity index (χ4v) is 3.05. The molecule has 20 heavy (non-hydrogen) atoms. The highest BCUT2D eigenvalue weighted by atomic mass is 16.4. The fraction of sp³-hybridized carbons (Fsp3) is 0.375. The Bertz CT molecular complexity index is 636. The summed E-state index contributed by atoms with van der Waals surface area (Å²) in [6, 6.07) is 10.1. The quantitative estimate of drug-likeness (QED) is 0.930. The van der Waals surface area contributed by atoms with Crippen LogP contribution in [0.1, 0.15) is 12.5 Å². The van der Waals surface area contributed by atoms with Crippen LogP contribution in [0, 0.1) is 11.8 Å². The number of benzene rings is 1. The molecule has 3 rings (SSSR count). The molecule has 1 N–H and O–H groups in total. The number of hydrogen-bond acceptors (Lipinski definition) is 3. The number of carboxylic acids is 1. The molecule has 104 valence electrons. The van der Waals surface area contributed by atoms with Gasteiger partial charge in [-0.2, -0.15) is 0 Å². The van der Waals surface area contributed by atoms with Crippen LogP contribution in [-0.4, -0.2) is 34.0 Å². The molecule has 2 aromatic rings. The van der Waals surface area contributed by atoms with Gasteiger partial charge in [0.05, 0.1) is 11.4 Å². The van der Waals surface area contributed by atoms with Crippen molar-refractivity contribution >= 4 is 16.9 Å². The smallest absolute Gasteiger partial charge is 0.308 e. The molecule has 1 saturated heterocycles. The van der Waals surface area contributed by atoms with Gasteiger partial charge >= 0.3 is 5.97 Å². The van der Waals surface area contributed by atoms with Crippen LogP contribution in [-0.2, 0) is 11.3 Å². The van der Waals surface area contributed by atoms with Crippen molar-refractivity contribution in [3.8, 4) is 0 Å². The Morgan fingerprint density at radius 1 is 1.35 bits per heavy atom. The number of carboxylic acid groups (broad SMARTS) is 1. The molecular weight excluding hydrogens is 252 g/mol. The van der Waals surface area contributed by atoms with E-state index in [-0.39, 0.29) is 11.8 Å². The molecular formula is C16H18N2O2. The molecule has 2 heterocycles. The molecule has 4 nitrogen and oxygen atoms in total. The number of hydrogen-bond donors (Lipinski definition) is 1. The van der Waals surface area contributed by atoms with Gasteiger partial charge in [0.2, 0.25) is 0 Å². The van der Waals surface area contributed by atoms with Gasteiger partial charge in [0.15, 0.2) is 0 Å². The van der Waals surface area contributed by atoms with Crippen molar-refractivity contribution in [1.29, 1.82) is 0 Å². The molecule has 1 aliphatic heterocycles. The molecule has 1 aromatic heterocycles. The van der Waals surface area contributed by atoms with E-state index in [0.29, 0.717) is 6.54 Å². The maximum Gasteiger partial charge on any atom is 0.308 e. The normalized spacial score (nSPS) is 23.2. The van der Waals surface area contributed by atoms with Gasteiger partial charge in [-0.15, -0.1) is 0 Å². The van der Waals surface area contributed by atoms with Crippen molar-refractivity contribution in [3.63, 3.8) is 0 Å². The molecule has 1 aromatic carbocycles. The van der Waals surface area contributed by atoms with Crippen LogP contribution in [0.25, 0.3) is 10.9 Å². The van der Waals surface area contributed by atoms with Crippen LogP contribution in [0.3, 0.4) is 0 Å². The van der Waals surface area contributed by atoms with Gasteiger partial charge in [0, 0.05) is 31.2 Å². The molecule has 1 fully saturated rings. The van der Waals surface area contributed by atoms with E-state index < -0.39 is 5.97 Å². The third kappa shape index (κ3) is 2.39. The average Bonchev–Trinajstić information content (AvgIpc) is 2.80. The second-order valence-corrected chi connectivity index (χ2v) is 5.60. The SMILES string of the molecule is CC1CN(Cc2ccnc3ccccc23)CC1C(=O)O. The maximum atomic E-state index is 11.2. The topological polar surface area (TPSA) is 53.4 Å². The lowest BCUT2D eigenvalue weighted by molar-refractivity contribution is -0.142. The highest BCUT2D eigenvalue weighted by molar-refractivity contribution is 5.81. The summed E-state index contributed by atoms with van der Waals surface area (Å²) in [5, 5.41) is 10.4. The monoisotopic (exact) mass is 270 g/mol. The highest BCUT2D eigenvalue weighted by Crippen LogP contribution is 2.26. The Kier molecular flexibility index (Phi) is 3.40. The van der Waals surface area contributed by atoms with E-state index in [2.05, 4.69) is 16.0 Å². The molecule has 0 aliphatic carbocycles. The van der Waals surface area contributed by atoms with Crippen LogP contribution >= 0.6 is 0 Å². The summed E-state index contributed by atoms with van der Waals surface area (Å²) in [5.41, 5.74) is 2.21. The van der Waals surface area contributed by atoms with Gasteiger partial charge in [0.25, 0.3) is 0 Å². The van der Waals surface area contributed by atoms with Crippen molar-refractivity contribution < 1.29 is 9.90 Å². The number of para-hydroxylation sites is 1. The molecule has 1 aliphatic rings. The second-order valence-electron chi connectivity index (χ2n) is 5.60. The molecule has 2 unspecified atom stereocenters. The largest absolute Gasteiger partial charge is 0.481 e. The predicted octanol–water partition coefficient (Wildman–Crippen LogP) is 2.39. The molecule has 2 atom stereocenters. The number of pyridine rings is 1. The number of carbonyl (C=O) groups is 1. The van der Waals surface area contributed by atoms with Crippen LogP contribution in [0.15, 0.2) is 36.5 Å². The Hall–Kier alpha value is -1.94. The van der Waals surface area contributed by atoms with Crippen LogP contribution in [0.2, 0.25) is 0 Å². The second kappa shape index (κ2) is 5.21. The first-order chi connectivity index (χ1) is 9.65. The minimum absolute atomic E-state index is 0.209. The van der Waals surface area contributed by atoms with E-state index >= 15 is 0 Å². The summed E-state index contributed by atoms with van der Waals surface area (Å²) in [5.74, 6) is -0.719. The zero-order valence-electron chi connectivity index (χ0n) is 11.5. The number of aliphatic carboxylic acids is 1. The number of nitrogens with zero attached hydrogens (tertiary/aromatic N) is 2. The minimum Gasteiger partial charge on any atom is -0.481 e. The van der Waals surface area contributed by atoms with Gasteiger partial charge < -0.3 is 5.11 Å². The van der Waals surface area contributed by atoms with Crippen molar-refractivity contribution in [2.24, 2.45) is 11.8 Å². The number of fused-ring (bicyclic) bond motifs is 1. The Balaban J connectivity index is 1.82. The third-order valence-electron chi connectivity index (χ3n) is 4.14. The van der Waals surface area contributed by atoms with Crippen LogP contribution in [0.4, 0.5) is 0 Å². The first kappa shape index (κ1) is 13.1. The van der Waals surface area contributed by atoms with Gasteiger partial charge in [-0.05, 0) is 23.6 Å². The number of likely N-dealkylation sites (tertiary alicyclic amines) is 1. The number of aromatic nitrogens is 1. The highest BCUT2D eigenvalue weighted by Gasteiger charge is 2.34. The first-order valence-corrected chi connectivity index (χ1v) is 6.93. The number of rotatable bonds is 3. The van der Waals surface area contributed by atoms with Crippen molar-refractivity contribution in [3.05, 3.63) is 42.1 Å². The Labute approximate surface area is 118 Å². The van der Waals surface area contributed by atoms with Crippen molar-refractivity contribution in [2.75, 3.05) is 13.1 Å². The van der Waals surface area contributed by atoms with E-state index in [1.807, 2.05) is 37.4 Å². The first-order valence-electron chi connectivity index (χ1n) is 6.93. The lowest BCUT2D eigenvalue weighted by atomic mass is 9.99. The van der Waals surface area contributed by atoms with E-state index in [1.165, 1.54) is 5.56 Å². The Morgan fingerprint density at radius 3 is 2.90 bits per heavy atom. The van der Waals surface area contributed by atoms with Gasteiger partial charge in [-0.25, -0.2) is 0 Å². The maximum absolute atomic E-state index is 11.2. The fourth-order valence-electron chi connectivity index (χ4n) is 3.05. The van der Waals surface area contributed by atoms with Crippen LogP contribution < -0.4 is 0 Å². The molecule has 0 amide bonds. The summed E-state index contributed by atoms with van der Waals surface area (Å²) in [4.78, 5) is 17.8. The van der Waals surface area contributed by atoms with Gasteiger partial charge in [-0.1, -0.05) is 25.1 Å². The van der Waals surface area contributed by atoms with Crippen molar-refractivity contribution in [1.82, 2.24) is 9.88 Å². The third-order valence-corrected chi connectivity index (χ3v) is 4.14. The summed E-state index contributed by atoms with van der Waals surface area (Å²) in [7, 11) is 0. The van der Waals surface area contributed by atoms with Gasteiger partial charge in [0.1, 0.15) is 0 Å². The molecule has 0 saturated carbocycles. The average molecular weight is 270 g/mol. The lowest BCUT2D eigenvalue weighted by Crippen LogP contribution is -2.23. The van der Waals surface area contributed by atoms with Crippen molar-refractivity contribution in [2.45, 2.75) is 13.5 Å². The molecule has 4 heteroatoms. The van der Waals surface area contributed by atoms with E-state index in [1.54, 1.807) is 0 Å². The zero-order chi connectivity index (χ0) is 14.1. The van der Waals surface area contributed by atoms with Gasteiger partial charge in [-0.3, -0.25) is 14.7 Å². The summed E-state index contributed by atoms with van der Waals surface area (Å²) in [6.45, 7) is 4.28. The van der Waals surface area contributed by atoms with Crippen LogP contribution in [0.5, 0.6) is 0 Å². The molecule has 0 bridgehead atoms. The predicted molar refractivity (Wildman–Crippen MR) is 77.3 cm³/mol. The summed E-state index contributed by atoms with van der Waals surface area (Å²) in [6.07, 6.45) is 1.83. The molecule has 0 radical (unpaired) electrons. The zero-order valence-corrected chi connectivity index (χ0v) is 11.5. The Morgan fingerprint density at radius 2 is 2.15 bits per heavy atom. The molecule has 0 spiro atoms. The van der Waals surface area contributed by atoms with E-state index in [9.17, 15) is 9.90 Å². The lowest BCUT2D eigenvalue weighted by Gasteiger charge is -2.16. The summed E-state index contributed by atoms with van der Waals surface area (Å²) < 4.78 is 0. The van der Waals surface area contributed by atoms with E-state index in [0.717, 1.165) is 24.0 Å². The minimum atomic E-state index is -0.681.